The van der Waals surface area contributed by atoms with Gasteiger partial charge in [0.1, 0.15) is 5.69 Å². The fourth-order valence-corrected chi connectivity index (χ4v) is 3.32. The number of rotatable bonds is 8. The van der Waals surface area contributed by atoms with Crippen molar-refractivity contribution < 1.29 is 45.4 Å². The van der Waals surface area contributed by atoms with Crippen LogP contribution < -0.4 is 19.5 Å². The first-order chi connectivity index (χ1) is 15.4. The maximum atomic E-state index is 13.0. The molecule has 0 aromatic carbocycles. The Morgan fingerprint density at radius 2 is 1.61 bits per heavy atom. The van der Waals surface area contributed by atoms with Crippen LogP contribution in [0.4, 0.5) is 23.9 Å². The van der Waals surface area contributed by atoms with Crippen LogP contribution in [0.5, 0.6) is 11.8 Å². The standard InChI is InChI=1S/C17H18F3N5O7S/c1-4-31-11-8-12(32-5-2)23-15(22-11)24-16(27)25-33(28,29)13-9(14(26)30-3)6-7-10(21-13)17(18,19)20/h6-8H,4-5H2,1-3H3,(H2,22,23,24,25,27). The predicted octanol–water partition coefficient (Wildman–Crippen LogP) is 1.98. The number of sulfonamides is 1. The number of pyridine rings is 1. The number of halogens is 3. The lowest BCUT2D eigenvalue weighted by atomic mass is 10.2. The number of methoxy groups -OCH3 is 1. The Balaban J connectivity index is 2.37. The minimum atomic E-state index is -5.08. The zero-order valence-electron chi connectivity index (χ0n) is 17.4. The van der Waals surface area contributed by atoms with Crippen LogP contribution in [0.1, 0.15) is 29.9 Å². The first-order valence-electron chi connectivity index (χ1n) is 9.06. The van der Waals surface area contributed by atoms with Crippen LogP contribution in [-0.4, -0.2) is 55.7 Å². The summed E-state index contributed by atoms with van der Waals surface area (Å²) in [6.45, 7) is 3.74. The lowest BCUT2D eigenvalue weighted by molar-refractivity contribution is -0.141. The van der Waals surface area contributed by atoms with Crippen LogP contribution in [0.25, 0.3) is 0 Å². The minimum absolute atomic E-state index is 0.00151. The molecule has 12 nitrogen and oxygen atoms in total. The van der Waals surface area contributed by atoms with E-state index < -0.39 is 50.4 Å². The van der Waals surface area contributed by atoms with Gasteiger partial charge in [0.2, 0.25) is 17.7 Å². The lowest BCUT2D eigenvalue weighted by Gasteiger charge is -2.13. The van der Waals surface area contributed by atoms with Gasteiger partial charge in [0, 0.05) is 0 Å². The molecule has 0 radical (unpaired) electrons. The Labute approximate surface area is 185 Å². The molecular weight excluding hydrogens is 475 g/mol. The highest BCUT2D eigenvalue weighted by Gasteiger charge is 2.36. The monoisotopic (exact) mass is 493 g/mol. The van der Waals surface area contributed by atoms with Gasteiger partial charge in [0.15, 0.2) is 5.03 Å². The Morgan fingerprint density at radius 3 is 2.09 bits per heavy atom. The van der Waals surface area contributed by atoms with Crippen molar-refractivity contribution in [2.24, 2.45) is 0 Å². The van der Waals surface area contributed by atoms with Crippen LogP contribution in [0, 0.1) is 0 Å². The topological polar surface area (TPSA) is 159 Å². The van der Waals surface area contributed by atoms with Crippen LogP contribution in [-0.2, 0) is 20.9 Å². The zero-order chi connectivity index (χ0) is 24.8. The quantitative estimate of drug-likeness (QED) is 0.521. The zero-order valence-corrected chi connectivity index (χ0v) is 18.2. The van der Waals surface area contributed by atoms with E-state index >= 15 is 0 Å². The van der Waals surface area contributed by atoms with E-state index in [-0.39, 0.29) is 25.0 Å². The summed E-state index contributed by atoms with van der Waals surface area (Å²) in [6.07, 6.45) is -5.02. The van der Waals surface area contributed by atoms with Gasteiger partial charge >= 0.3 is 18.2 Å². The van der Waals surface area contributed by atoms with Crippen LogP contribution in [0.15, 0.2) is 23.2 Å². The fourth-order valence-electron chi connectivity index (χ4n) is 2.27. The lowest BCUT2D eigenvalue weighted by Crippen LogP contribution is -2.36. The van der Waals surface area contributed by atoms with Gasteiger partial charge in [0.25, 0.3) is 10.0 Å². The molecule has 2 heterocycles. The predicted molar refractivity (Wildman–Crippen MR) is 104 cm³/mol. The average molecular weight is 493 g/mol. The SMILES string of the molecule is CCOc1cc(OCC)nc(NC(=O)NS(=O)(=O)c2nc(C(F)(F)F)ccc2C(=O)OC)n1. The Kier molecular flexibility index (Phi) is 7.97. The second-order valence-corrected chi connectivity index (χ2v) is 7.43. The number of hydrogen-bond acceptors (Lipinski definition) is 10. The van der Waals surface area contributed by atoms with E-state index in [9.17, 15) is 31.2 Å². The van der Waals surface area contributed by atoms with Gasteiger partial charge in [-0.05, 0) is 26.0 Å². The van der Waals surface area contributed by atoms with Gasteiger partial charge in [-0.25, -0.2) is 19.3 Å². The second-order valence-electron chi connectivity index (χ2n) is 5.83. The molecular formula is C17H18F3N5O7S. The largest absolute Gasteiger partial charge is 0.478 e. The van der Waals surface area contributed by atoms with Crippen LogP contribution in [0.2, 0.25) is 0 Å². The summed E-state index contributed by atoms with van der Waals surface area (Å²) in [6, 6.07) is 0.827. The molecule has 0 saturated carbocycles. The van der Waals surface area contributed by atoms with E-state index in [1.54, 1.807) is 13.8 Å². The number of nitrogens with one attached hydrogen (secondary N) is 2. The number of nitrogens with zero attached hydrogens (tertiary/aromatic N) is 3. The third-order valence-corrected chi connectivity index (χ3v) is 4.80. The molecule has 16 heteroatoms. The number of hydrogen-bond donors (Lipinski definition) is 2. The smallest absolute Gasteiger partial charge is 0.433 e. The molecule has 0 aliphatic heterocycles. The van der Waals surface area contributed by atoms with Gasteiger partial charge in [-0.1, -0.05) is 0 Å². The van der Waals surface area contributed by atoms with Gasteiger partial charge in [-0.2, -0.15) is 31.6 Å². The van der Waals surface area contributed by atoms with Crippen molar-refractivity contribution >= 4 is 28.0 Å². The summed E-state index contributed by atoms with van der Waals surface area (Å²) < 4.78 is 80.4. The number of urea groups is 1. The molecule has 180 valence electrons. The van der Waals surface area contributed by atoms with Crippen LogP contribution >= 0.6 is 0 Å². The first kappa shape index (κ1) is 25.6. The Hall–Kier alpha value is -3.69. The number of alkyl halides is 3. The molecule has 0 aliphatic carbocycles. The fraction of sp³-hybridized carbons (Fsp3) is 0.353. The van der Waals surface area contributed by atoms with Crippen molar-refractivity contribution in [1.82, 2.24) is 19.7 Å². The van der Waals surface area contributed by atoms with Crippen molar-refractivity contribution in [2.45, 2.75) is 25.0 Å². The van der Waals surface area contributed by atoms with E-state index in [2.05, 4.69) is 19.7 Å². The highest BCUT2D eigenvalue weighted by atomic mass is 32.2. The molecule has 0 saturated heterocycles. The summed E-state index contributed by atoms with van der Waals surface area (Å²) >= 11 is 0. The number of amides is 2. The molecule has 0 bridgehead atoms. The minimum Gasteiger partial charge on any atom is -0.478 e. The van der Waals surface area contributed by atoms with Gasteiger partial charge in [-0.3, -0.25) is 5.32 Å². The van der Waals surface area contributed by atoms with Crippen molar-refractivity contribution in [2.75, 3.05) is 25.6 Å². The van der Waals surface area contributed by atoms with Gasteiger partial charge in [-0.15, -0.1) is 0 Å². The molecule has 2 aromatic heterocycles. The molecule has 0 aliphatic rings. The second kappa shape index (κ2) is 10.3. The number of carbonyl (C=O) groups is 2. The third-order valence-electron chi connectivity index (χ3n) is 3.53. The number of carbonyl (C=O) groups excluding carboxylic acids is 2. The molecule has 0 spiro atoms. The number of aromatic nitrogens is 3. The highest BCUT2D eigenvalue weighted by Crippen LogP contribution is 2.29. The summed E-state index contributed by atoms with van der Waals surface area (Å²) in [5.74, 6) is -1.71. The van der Waals surface area contributed by atoms with E-state index in [0.717, 1.165) is 7.11 Å². The molecule has 2 N–H and O–H groups in total. The van der Waals surface area contributed by atoms with E-state index in [0.29, 0.717) is 12.1 Å². The average Bonchev–Trinajstić information content (AvgIpc) is 2.72. The van der Waals surface area contributed by atoms with E-state index in [1.165, 1.54) is 10.8 Å². The van der Waals surface area contributed by atoms with Crippen molar-refractivity contribution in [3.05, 3.63) is 29.5 Å². The maximum Gasteiger partial charge on any atom is 0.433 e. The summed E-state index contributed by atoms with van der Waals surface area (Å²) in [7, 11) is -4.20. The highest BCUT2D eigenvalue weighted by molar-refractivity contribution is 7.90. The number of ether oxygens (including phenoxy) is 3. The summed E-state index contributed by atoms with van der Waals surface area (Å²) in [5, 5.41) is 0.633. The van der Waals surface area contributed by atoms with Gasteiger partial charge in [0.05, 0.1) is 32.0 Å². The first-order valence-corrected chi connectivity index (χ1v) is 10.5. The number of anilines is 1. The molecule has 33 heavy (non-hydrogen) atoms. The van der Waals surface area contributed by atoms with Crippen LogP contribution in [0.3, 0.4) is 0 Å². The molecule has 0 unspecified atom stereocenters. The molecule has 0 fully saturated rings. The normalized spacial score (nSPS) is 11.5. The summed E-state index contributed by atoms with van der Waals surface area (Å²) in [4.78, 5) is 34.7. The Bertz CT molecular complexity index is 1120. The molecule has 2 aromatic rings. The van der Waals surface area contributed by atoms with E-state index in [1.807, 2.05) is 5.32 Å². The third kappa shape index (κ3) is 6.64. The van der Waals surface area contributed by atoms with Crippen molar-refractivity contribution in [3.8, 4) is 11.8 Å². The van der Waals surface area contributed by atoms with E-state index in [4.69, 9.17) is 9.47 Å². The molecule has 0 atom stereocenters. The number of esters is 1. The molecule has 2 rings (SSSR count). The Morgan fingerprint density at radius 1 is 1.03 bits per heavy atom. The summed E-state index contributed by atoms with van der Waals surface area (Å²) in [5.41, 5.74) is -2.43. The van der Waals surface area contributed by atoms with Gasteiger partial charge < -0.3 is 14.2 Å². The molecule has 2 amide bonds. The maximum absolute atomic E-state index is 13.0. The van der Waals surface area contributed by atoms with Crippen molar-refractivity contribution in [1.29, 1.82) is 0 Å². The van der Waals surface area contributed by atoms with Crippen molar-refractivity contribution in [3.63, 3.8) is 0 Å².